The van der Waals surface area contributed by atoms with E-state index in [9.17, 15) is 18.0 Å². The highest BCUT2D eigenvalue weighted by Crippen LogP contribution is 2.34. The first kappa shape index (κ1) is 33.4. The van der Waals surface area contributed by atoms with Crippen molar-refractivity contribution in [1.82, 2.24) is 19.8 Å². The number of amides is 2. The van der Waals surface area contributed by atoms with E-state index in [4.69, 9.17) is 4.74 Å². The number of hydrogen-bond donors (Lipinski definition) is 2. The predicted octanol–water partition coefficient (Wildman–Crippen LogP) is 6.61. The molecule has 0 aliphatic carbocycles. The summed E-state index contributed by atoms with van der Waals surface area (Å²) in [6.07, 6.45) is 3.24. The second kappa shape index (κ2) is 13.6. The Balaban J connectivity index is 1.07. The molecule has 10 nitrogen and oxygen atoms in total. The van der Waals surface area contributed by atoms with Crippen LogP contribution < -0.4 is 5.32 Å². The lowest BCUT2D eigenvalue weighted by Gasteiger charge is -2.27. The van der Waals surface area contributed by atoms with E-state index in [0.717, 1.165) is 52.2 Å². The molecule has 4 aromatic rings. The van der Waals surface area contributed by atoms with E-state index in [1.54, 1.807) is 4.90 Å². The summed E-state index contributed by atoms with van der Waals surface area (Å²) in [5.74, 6) is 0.980. The first-order valence-corrected chi connectivity index (χ1v) is 18.2. The largest absolute Gasteiger partial charge is 0.444 e. The number of nitrogens with zero attached hydrogens (tertiary/aromatic N) is 3. The Morgan fingerprint density at radius 1 is 0.958 bits per heavy atom. The second-order valence-corrected chi connectivity index (χ2v) is 16.0. The Kier molecular flexibility index (Phi) is 9.44. The van der Waals surface area contributed by atoms with Gasteiger partial charge in [0.25, 0.3) is 5.91 Å². The van der Waals surface area contributed by atoms with Crippen molar-refractivity contribution in [2.24, 2.45) is 0 Å². The Bertz CT molecular complexity index is 1880. The molecule has 3 heterocycles. The highest BCUT2D eigenvalue weighted by molar-refractivity contribution is 7.91. The first-order valence-electron chi connectivity index (χ1n) is 16.4. The van der Waals surface area contributed by atoms with Crippen molar-refractivity contribution in [1.29, 1.82) is 0 Å². The van der Waals surface area contributed by atoms with Crippen molar-refractivity contribution in [3.8, 4) is 22.4 Å². The summed E-state index contributed by atoms with van der Waals surface area (Å²) < 4.78 is 29.0. The van der Waals surface area contributed by atoms with Crippen LogP contribution in [0.15, 0.2) is 72.9 Å². The quantitative estimate of drug-likeness (QED) is 0.227. The number of ether oxygens (including phenoxy) is 1. The fourth-order valence-corrected chi connectivity index (χ4v) is 7.54. The maximum absolute atomic E-state index is 13.0. The van der Waals surface area contributed by atoms with Crippen LogP contribution in [0.5, 0.6) is 0 Å². The molecule has 0 radical (unpaired) electrons. The van der Waals surface area contributed by atoms with Crippen molar-refractivity contribution in [2.75, 3.05) is 36.5 Å². The van der Waals surface area contributed by atoms with Gasteiger partial charge in [-0.05, 0) is 98.7 Å². The van der Waals surface area contributed by atoms with Crippen molar-refractivity contribution in [3.63, 3.8) is 0 Å². The fourth-order valence-electron chi connectivity index (χ4n) is 6.26. The Morgan fingerprint density at radius 2 is 1.65 bits per heavy atom. The van der Waals surface area contributed by atoms with Crippen LogP contribution >= 0.6 is 0 Å². The van der Waals surface area contributed by atoms with Crippen LogP contribution in [0, 0.1) is 6.92 Å². The molecule has 48 heavy (non-hydrogen) atoms. The number of aryl methyl sites for hydroxylation is 1. The summed E-state index contributed by atoms with van der Waals surface area (Å²) in [6.45, 7) is 10.1. The molecule has 3 aromatic carbocycles. The van der Waals surface area contributed by atoms with Crippen molar-refractivity contribution in [2.45, 2.75) is 58.7 Å². The lowest BCUT2D eigenvalue weighted by atomic mass is 9.97. The normalized spacial score (nSPS) is 18.1. The molecule has 0 saturated carbocycles. The summed E-state index contributed by atoms with van der Waals surface area (Å²) >= 11 is 0. The molecule has 2 aliphatic rings. The number of aromatic amines is 1. The maximum Gasteiger partial charge on any atom is 0.410 e. The molecular weight excluding hydrogens is 627 g/mol. The molecule has 0 unspecified atom stereocenters. The van der Waals surface area contributed by atoms with Gasteiger partial charge < -0.3 is 15.0 Å². The van der Waals surface area contributed by atoms with Crippen LogP contribution in [0.1, 0.15) is 67.0 Å². The predicted molar refractivity (Wildman–Crippen MR) is 187 cm³/mol. The van der Waals surface area contributed by atoms with E-state index in [1.807, 2.05) is 75.5 Å². The summed E-state index contributed by atoms with van der Waals surface area (Å²) in [7, 11) is -2.90. The van der Waals surface area contributed by atoms with Gasteiger partial charge in [0.05, 0.1) is 29.4 Å². The van der Waals surface area contributed by atoms with Crippen molar-refractivity contribution in [3.05, 3.63) is 95.4 Å². The average molecular weight is 670 g/mol. The first-order chi connectivity index (χ1) is 22.8. The van der Waals surface area contributed by atoms with Gasteiger partial charge in [-0.1, -0.05) is 36.4 Å². The van der Waals surface area contributed by atoms with E-state index >= 15 is 0 Å². The Labute approximate surface area is 282 Å². The molecule has 0 bridgehead atoms. The third-order valence-electron chi connectivity index (χ3n) is 8.84. The zero-order chi connectivity index (χ0) is 34.1. The van der Waals surface area contributed by atoms with Crippen LogP contribution in [-0.4, -0.2) is 76.9 Å². The third kappa shape index (κ3) is 7.96. The smallest absolute Gasteiger partial charge is 0.410 e. The molecule has 6 rings (SSSR count). The number of hydrogen-bond acceptors (Lipinski definition) is 7. The molecule has 2 saturated heterocycles. The van der Waals surface area contributed by atoms with Gasteiger partial charge in [-0.2, -0.15) is 0 Å². The summed E-state index contributed by atoms with van der Waals surface area (Å²) in [4.78, 5) is 37.8. The number of carbonyl (C=O) groups excluding carboxylic acids is 2. The molecule has 2 aliphatic heterocycles. The van der Waals surface area contributed by atoms with Crippen LogP contribution in [0.25, 0.3) is 22.4 Å². The van der Waals surface area contributed by atoms with Gasteiger partial charge in [0.15, 0.2) is 9.84 Å². The van der Waals surface area contributed by atoms with E-state index < -0.39 is 15.4 Å². The highest BCUT2D eigenvalue weighted by Gasteiger charge is 2.35. The molecule has 2 fully saturated rings. The number of benzene rings is 3. The van der Waals surface area contributed by atoms with Crippen molar-refractivity contribution >= 4 is 27.5 Å². The summed E-state index contributed by atoms with van der Waals surface area (Å²) in [5.41, 5.74) is 6.84. The Hall–Kier alpha value is -4.48. The van der Waals surface area contributed by atoms with Gasteiger partial charge in [-0.25, -0.2) is 18.2 Å². The van der Waals surface area contributed by atoms with E-state index in [2.05, 4.69) is 45.3 Å². The minimum atomic E-state index is -2.90. The molecule has 11 heteroatoms. The third-order valence-corrected chi connectivity index (χ3v) is 10.5. The van der Waals surface area contributed by atoms with Crippen LogP contribution in [0.2, 0.25) is 0 Å². The van der Waals surface area contributed by atoms with E-state index in [-0.39, 0.29) is 29.5 Å². The SMILES string of the molecule is Cc1cc(-c2cnc([C@@H]3CCCN3C(=O)OC(C)(C)C)[nH]2)ccc1-c1ccc(C(=O)Nc2ccc(CN3CCS(=O)(=O)CC3)cc2)cc1. The zero-order valence-corrected chi connectivity index (χ0v) is 28.8. The van der Waals surface area contributed by atoms with Gasteiger partial charge in [0.2, 0.25) is 0 Å². The average Bonchev–Trinajstić information content (AvgIpc) is 3.73. The Morgan fingerprint density at radius 3 is 2.31 bits per heavy atom. The number of carbonyl (C=O) groups is 2. The summed E-state index contributed by atoms with van der Waals surface area (Å²) in [5, 5.41) is 2.97. The van der Waals surface area contributed by atoms with Crippen LogP contribution in [0.3, 0.4) is 0 Å². The number of nitrogens with one attached hydrogen (secondary N) is 2. The van der Waals surface area contributed by atoms with Gasteiger partial charge in [0, 0.05) is 37.4 Å². The molecule has 2 N–H and O–H groups in total. The van der Waals surface area contributed by atoms with Crippen LogP contribution in [-0.2, 0) is 21.1 Å². The number of rotatable bonds is 7. The fraction of sp³-hybridized carbons (Fsp3) is 0.378. The standard InChI is InChI=1S/C37H43N5O5S/c1-25-22-29(32-23-38-34(40-32)33-6-5-17-42(33)36(44)47-37(2,3)4)13-16-31(25)27-9-11-28(12-10-27)35(43)39-30-14-7-26(8-15-30)24-41-18-20-48(45,46)21-19-41/h7-16,22-23,33H,5-6,17-21,24H2,1-4H3,(H,38,40)(H,39,43)/t33-/m0/s1. The van der Waals surface area contributed by atoms with Gasteiger partial charge in [-0.15, -0.1) is 0 Å². The number of likely N-dealkylation sites (tertiary alicyclic amines) is 1. The number of H-pyrrole nitrogens is 1. The molecule has 1 atom stereocenters. The number of sulfone groups is 1. The van der Waals surface area contributed by atoms with Crippen molar-refractivity contribution < 1.29 is 22.7 Å². The molecular formula is C37H43N5O5S. The minimum absolute atomic E-state index is 0.140. The molecule has 0 spiro atoms. The monoisotopic (exact) mass is 669 g/mol. The number of anilines is 1. The van der Waals surface area contributed by atoms with E-state index in [0.29, 0.717) is 37.4 Å². The molecule has 252 valence electrons. The second-order valence-electron chi connectivity index (χ2n) is 13.7. The topological polar surface area (TPSA) is 125 Å². The highest BCUT2D eigenvalue weighted by atomic mass is 32.2. The molecule has 1 aromatic heterocycles. The molecule has 2 amide bonds. The summed E-state index contributed by atoms with van der Waals surface area (Å²) in [6, 6.07) is 21.4. The van der Waals surface area contributed by atoms with Crippen LogP contribution in [0.4, 0.5) is 10.5 Å². The lowest BCUT2D eigenvalue weighted by Crippen LogP contribution is -2.39. The van der Waals surface area contributed by atoms with E-state index in [1.165, 1.54) is 0 Å². The van der Waals surface area contributed by atoms with Gasteiger partial charge in [0.1, 0.15) is 11.4 Å². The van der Waals surface area contributed by atoms with Gasteiger partial charge >= 0.3 is 6.09 Å². The number of imidazole rings is 1. The minimum Gasteiger partial charge on any atom is -0.444 e. The lowest BCUT2D eigenvalue weighted by molar-refractivity contribution is 0.0218. The maximum atomic E-state index is 13.0. The zero-order valence-electron chi connectivity index (χ0n) is 28.0. The van der Waals surface area contributed by atoms with Gasteiger partial charge in [-0.3, -0.25) is 14.6 Å². The number of aromatic nitrogens is 2.